The first-order valence-corrected chi connectivity index (χ1v) is 8.80. The van der Waals surface area contributed by atoms with E-state index in [1.807, 2.05) is 4.90 Å². The van der Waals surface area contributed by atoms with Crippen molar-refractivity contribution in [3.8, 4) is 5.75 Å². The minimum absolute atomic E-state index is 0.100. The summed E-state index contributed by atoms with van der Waals surface area (Å²) in [4.78, 5) is 27.7. The predicted molar refractivity (Wildman–Crippen MR) is 101 cm³/mol. The van der Waals surface area contributed by atoms with Crippen molar-refractivity contribution in [1.29, 1.82) is 0 Å². The summed E-state index contributed by atoms with van der Waals surface area (Å²) in [5, 5.41) is 2.55. The molecule has 0 radical (unpaired) electrons. The van der Waals surface area contributed by atoms with E-state index in [2.05, 4.69) is 5.32 Å². The molecule has 3 rings (SSSR count). The van der Waals surface area contributed by atoms with Gasteiger partial charge in [0.25, 0.3) is 11.8 Å². The Bertz CT molecular complexity index is 820. The Hall–Kier alpha value is -3.09. The summed E-state index contributed by atoms with van der Waals surface area (Å²) < 4.78 is 19.4. The van der Waals surface area contributed by atoms with E-state index in [0.29, 0.717) is 43.2 Å². The molecule has 27 heavy (non-hydrogen) atoms. The number of nitrogens with one attached hydrogen (secondary N) is 1. The van der Waals surface area contributed by atoms with Gasteiger partial charge in [0.2, 0.25) is 0 Å². The minimum Gasteiger partial charge on any atom is -0.484 e. The third-order valence-electron chi connectivity index (χ3n) is 4.51. The third-order valence-corrected chi connectivity index (χ3v) is 4.51. The van der Waals surface area contributed by atoms with Gasteiger partial charge in [-0.05, 0) is 30.3 Å². The summed E-state index contributed by atoms with van der Waals surface area (Å²) in [6.45, 7) is 2.05. The van der Waals surface area contributed by atoms with Gasteiger partial charge in [-0.25, -0.2) is 4.39 Å². The molecule has 7 heteroatoms. The molecule has 2 aromatic carbocycles. The van der Waals surface area contributed by atoms with Gasteiger partial charge in [-0.15, -0.1) is 0 Å². The highest BCUT2D eigenvalue weighted by Crippen LogP contribution is 2.20. The zero-order chi connectivity index (χ0) is 19.2. The Morgan fingerprint density at radius 2 is 1.81 bits per heavy atom. The Labute approximate surface area is 157 Å². The predicted octanol–water partition coefficient (Wildman–Crippen LogP) is 1.91. The van der Waals surface area contributed by atoms with E-state index in [-0.39, 0.29) is 24.2 Å². The standard InChI is InChI=1S/C20H22FN3O3/c1-22-20(26)15-5-4-6-16(13-15)27-14-19(25)24-11-9-23(10-12-24)18-8-3-2-7-17(18)21/h2-8,13H,9-12,14H2,1H3,(H,22,26). The topological polar surface area (TPSA) is 61.9 Å². The van der Waals surface area contributed by atoms with Crippen LogP contribution in [-0.4, -0.2) is 56.5 Å². The van der Waals surface area contributed by atoms with Crippen molar-refractivity contribution in [2.45, 2.75) is 0 Å². The van der Waals surface area contributed by atoms with Gasteiger partial charge in [0.15, 0.2) is 6.61 Å². The van der Waals surface area contributed by atoms with Gasteiger partial charge in [-0.1, -0.05) is 18.2 Å². The lowest BCUT2D eigenvalue weighted by Crippen LogP contribution is -2.50. The van der Waals surface area contributed by atoms with Gasteiger partial charge < -0.3 is 19.9 Å². The minimum atomic E-state index is -0.253. The maximum Gasteiger partial charge on any atom is 0.260 e. The molecule has 142 valence electrons. The van der Waals surface area contributed by atoms with E-state index in [1.165, 1.54) is 6.07 Å². The van der Waals surface area contributed by atoms with Crippen molar-refractivity contribution in [1.82, 2.24) is 10.2 Å². The van der Waals surface area contributed by atoms with Crippen LogP contribution >= 0.6 is 0 Å². The molecule has 0 aromatic heterocycles. The maximum atomic E-state index is 13.9. The molecule has 0 saturated carbocycles. The lowest BCUT2D eigenvalue weighted by atomic mass is 10.2. The van der Waals surface area contributed by atoms with Crippen LogP contribution in [0.15, 0.2) is 48.5 Å². The molecule has 0 aliphatic carbocycles. The summed E-state index contributed by atoms with van der Waals surface area (Å²) in [6.07, 6.45) is 0. The number of rotatable bonds is 5. The Balaban J connectivity index is 1.51. The Kier molecular flexibility index (Phi) is 5.90. The molecule has 1 saturated heterocycles. The first-order valence-electron chi connectivity index (χ1n) is 8.80. The van der Waals surface area contributed by atoms with Crippen molar-refractivity contribution in [2.24, 2.45) is 0 Å². The Morgan fingerprint density at radius 1 is 1.07 bits per heavy atom. The first-order chi connectivity index (χ1) is 13.1. The van der Waals surface area contributed by atoms with Crippen LogP contribution in [0, 0.1) is 5.82 Å². The normalized spacial score (nSPS) is 14.0. The molecule has 2 aromatic rings. The van der Waals surface area contributed by atoms with Crippen LogP contribution < -0.4 is 15.0 Å². The van der Waals surface area contributed by atoms with E-state index in [4.69, 9.17) is 4.74 Å². The fraction of sp³-hybridized carbons (Fsp3) is 0.300. The molecule has 0 atom stereocenters. The second-order valence-corrected chi connectivity index (χ2v) is 6.21. The fourth-order valence-corrected chi connectivity index (χ4v) is 3.01. The zero-order valence-electron chi connectivity index (χ0n) is 15.2. The quantitative estimate of drug-likeness (QED) is 0.872. The van der Waals surface area contributed by atoms with E-state index < -0.39 is 0 Å². The van der Waals surface area contributed by atoms with Crippen LogP contribution in [0.3, 0.4) is 0 Å². The summed E-state index contributed by atoms with van der Waals surface area (Å²) in [5.41, 5.74) is 1.04. The highest BCUT2D eigenvalue weighted by Gasteiger charge is 2.23. The summed E-state index contributed by atoms with van der Waals surface area (Å²) in [6, 6.07) is 13.3. The first kappa shape index (κ1) is 18.7. The van der Waals surface area contributed by atoms with Crippen LogP contribution in [0.4, 0.5) is 10.1 Å². The molecule has 6 nitrogen and oxygen atoms in total. The number of ether oxygens (including phenoxy) is 1. The highest BCUT2D eigenvalue weighted by atomic mass is 19.1. The molecule has 2 amide bonds. The molecule has 1 aliphatic rings. The number of piperazine rings is 1. The van der Waals surface area contributed by atoms with Crippen molar-refractivity contribution in [2.75, 3.05) is 44.7 Å². The SMILES string of the molecule is CNC(=O)c1cccc(OCC(=O)N2CCN(c3ccccc3F)CC2)c1. The maximum absolute atomic E-state index is 13.9. The van der Waals surface area contributed by atoms with E-state index >= 15 is 0 Å². The van der Waals surface area contributed by atoms with Crippen LogP contribution in [0.2, 0.25) is 0 Å². The van der Waals surface area contributed by atoms with Crippen LogP contribution in [0.5, 0.6) is 5.75 Å². The number of benzene rings is 2. The van der Waals surface area contributed by atoms with Gasteiger partial charge in [-0.2, -0.15) is 0 Å². The molecular weight excluding hydrogens is 349 g/mol. The molecule has 0 spiro atoms. The van der Waals surface area contributed by atoms with Crippen molar-refractivity contribution >= 4 is 17.5 Å². The molecular formula is C20H22FN3O3. The zero-order valence-corrected chi connectivity index (χ0v) is 15.2. The number of carbonyl (C=O) groups excluding carboxylic acids is 2. The average molecular weight is 371 g/mol. The average Bonchev–Trinajstić information content (AvgIpc) is 2.72. The van der Waals surface area contributed by atoms with Crippen LogP contribution in [0.1, 0.15) is 10.4 Å². The lowest BCUT2D eigenvalue weighted by molar-refractivity contribution is -0.133. The molecule has 1 aliphatic heterocycles. The van der Waals surface area contributed by atoms with E-state index in [9.17, 15) is 14.0 Å². The second kappa shape index (κ2) is 8.53. The van der Waals surface area contributed by atoms with Crippen molar-refractivity contribution in [3.63, 3.8) is 0 Å². The van der Waals surface area contributed by atoms with Crippen molar-refractivity contribution in [3.05, 3.63) is 59.9 Å². The third kappa shape index (κ3) is 4.55. The van der Waals surface area contributed by atoms with Gasteiger partial charge in [0, 0.05) is 38.8 Å². The smallest absolute Gasteiger partial charge is 0.260 e. The largest absolute Gasteiger partial charge is 0.484 e. The Morgan fingerprint density at radius 3 is 2.52 bits per heavy atom. The molecule has 1 heterocycles. The lowest BCUT2D eigenvalue weighted by Gasteiger charge is -2.36. The monoisotopic (exact) mass is 371 g/mol. The number of hydrogen-bond donors (Lipinski definition) is 1. The number of para-hydroxylation sites is 1. The second-order valence-electron chi connectivity index (χ2n) is 6.21. The molecule has 1 fully saturated rings. The fourth-order valence-electron chi connectivity index (χ4n) is 3.01. The van der Waals surface area contributed by atoms with Crippen molar-refractivity contribution < 1.29 is 18.7 Å². The summed E-state index contributed by atoms with van der Waals surface area (Å²) in [7, 11) is 1.56. The van der Waals surface area contributed by atoms with Gasteiger partial charge in [-0.3, -0.25) is 9.59 Å². The van der Waals surface area contributed by atoms with Gasteiger partial charge in [0.05, 0.1) is 5.69 Å². The highest BCUT2D eigenvalue weighted by molar-refractivity contribution is 5.94. The summed E-state index contributed by atoms with van der Waals surface area (Å²) in [5.74, 6) is -0.129. The number of carbonyl (C=O) groups is 2. The number of halogens is 1. The van der Waals surface area contributed by atoms with Gasteiger partial charge in [0.1, 0.15) is 11.6 Å². The number of hydrogen-bond acceptors (Lipinski definition) is 4. The van der Waals surface area contributed by atoms with Crippen LogP contribution in [0.25, 0.3) is 0 Å². The van der Waals surface area contributed by atoms with E-state index in [1.54, 1.807) is 54.4 Å². The van der Waals surface area contributed by atoms with Gasteiger partial charge >= 0.3 is 0 Å². The molecule has 0 unspecified atom stereocenters. The molecule has 0 bridgehead atoms. The molecule has 1 N–H and O–H groups in total. The summed E-state index contributed by atoms with van der Waals surface area (Å²) >= 11 is 0. The number of amides is 2. The number of anilines is 1. The number of nitrogens with zero attached hydrogens (tertiary/aromatic N) is 2. The van der Waals surface area contributed by atoms with Crippen LogP contribution in [-0.2, 0) is 4.79 Å². The van der Waals surface area contributed by atoms with E-state index in [0.717, 1.165) is 0 Å².